The van der Waals surface area contributed by atoms with Gasteiger partial charge in [-0.25, -0.2) is 4.79 Å². The Bertz CT molecular complexity index is 447. The molecule has 2 amide bonds. The maximum Gasteiger partial charge on any atom is 0.403 e. The van der Waals surface area contributed by atoms with Crippen molar-refractivity contribution in [2.45, 2.75) is 44.4 Å². The average molecular weight is 348 g/mol. The van der Waals surface area contributed by atoms with E-state index >= 15 is 0 Å². The van der Waals surface area contributed by atoms with Crippen LogP contribution in [0.1, 0.15) is 26.2 Å². The number of alkyl halides is 3. The molecular formula is C16H27F3N4O. The number of piperazine rings is 1. The van der Waals surface area contributed by atoms with Gasteiger partial charge in [-0.1, -0.05) is 0 Å². The van der Waals surface area contributed by atoms with Crippen LogP contribution in [0.5, 0.6) is 0 Å². The molecule has 0 unspecified atom stereocenters. The summed E-state index contributed by atoms with van der Waals surface area (Å²) in [5, 5.41) is 3.05. The third-order valence-electron chi connectivity index (χ3n) is 5.44. The van der Waals surface area contributed by atoms with Gasteiger partial charge in [-0.3, -0.25) is 4.90 Å². The summed E-state index contributed by atoms with van der Waals surface area (Å²) in [6.45, 7) is 5.49. The number of rotatable bonds is 4. The van der Waals surface area contributed by atoms with Gasteiger partial charge in [0.25, 0.3) is 0 Å². The molecule has 3 rings (SSSR count). The number of halogens is 3. The Kier molecular flexibility index (Phi) is 5.24. The van der Waals surface area contributed by atoms with Gasteiger partial charge in [-0.05, 0) is 32.1 Å². The first kappa shape index (κ1) is 17.8. The van der Waals surface area contributed by atoms with Crippen LogP contribution < -0.4 is 5.32 Å². The van der Waals surface area contributed by atoms with E-state index in [4.69, 9.17) is 0 Å². The quantitative estimate of drug-likeness (QED) is 0.841. The summed E-state index contributed by atoms with van der Waals surface area (Å²) in [6.07, 6.45) is -0.592. The van der Waals surface area contributed by atoms with Crippen molar-refractivity contribution >= 4 is 6.03 Å². The maximum absolute atomic E-state index is 12.8. The van der Waals surface area contributed by atoms with Gasteiger partial charge < -0.3 is 15.1 Å². The van der Waals surface area contributed by atoms with Gasteiger partial charge >= 0.3 is 12.2 Å². The van der Waals surface area contributed by atoms with E-state index in [1.54, 1.807) is 4.90 Å². The van der Waals surface area contributed by atoms with Crippen LogP contribution >= 0.6 is 0 Å². The number of nitrogens with zero attached hydrogens (tertiary/aromatic N) is 3. The predicted molar refractivity (Wildman–Crippen MR) is 84.8 cm³/mol. The van der Waals surface area contributed by atoms with Gasteiger partial charge in [0.1, 0.15) is 6.04 Å². The summed E-state index contributed by atoms with van der Waals surface area (Å²) in [5.74, 6) is 0.850. The second-order valence-corrected chi connectivity index (χ2v) is 7.38. The number of likely N-dealkylation sites (tertiary alicyclic amines) is 1. The predicted octanol–water partition coefficient (Wildman–Crippen LogP) is 1.75. The van der Waals surface area contributed by atoms with Crippen LogP contribution in [0, 0.1) is 5.92 Å². The molecule has 3 fully saturated rings. The first-order valence-electron chi connectivity index (χ1n) is 8.91. The zero-order valence-corrected chi connectivity index (χ0v) is 14.2. The highest BCUT2D eigenvalue weighted by atomic mass is 19.4. The highest BCUT2D eigenvalue weighted by molar-refractivity contribution is 5.74. The summed E-state index contributed by atoms with van der Waals surface area (Å²) in [7, 11) is 0. The summed E-state index contributed by atoms with van der Waals surface area (Å²) in [4.78, 5) is 17.8. The minimum atomic E-state index is -4.21. The molecule has 5 nitrogen and oxygen atoms in total. The molecule has 0 radical (unpaired) electrons. The lowest BCUT2D eigenvalue weighted by Crippen LogP contribution is -2.57. The first-order chi connectivity index (χ1) is 11.3. The van der Waals surface area contributed by atoms with E-state index in [9.17, 15) is 18.0 Å². The number of carbonyl (C=O) groups is 1. The molecule has 0 aromatic heterocycles. The number of hydrogen-bond donors (Lipinski definition) is 1. The van der Waals surface area contributed by atoms with E-state index in [0.29, 0.717) is 13.1 Å². The number of nitrogens with one attached hydrogen (secondary N) is 1. The minimum Gasteiger partial charge on any atom is -0.334 e. The maximum atomic E-state index is 12.8. The molecule has 2 saturated heterocycles. The minimum absolute atomic E-state index is 0.132. The van der Waals surface area contributed by atoms with E-state index in [0.717, 1.165) is 32.0 Å². The van der Waals surface area contributed by atoms with Crippen LogP contribution in [0.2, 0.25) is 0 Å². The zero-order valence-electron chi connectivity index (χ0n) is 14.2. The van der Waals surface area contributed by atoms with Crippen LogP contribution in [0.25, 0.3) is 0 Å². The van der Waals surface area contributed by atoms with Crippen LogP contribution in [-0.4, -0.2) is 84.8 Å². The van der Waals surface area contributed by atoms with E-state index in [1.807, 2.05) is 0 Å². The fourth-order valence-corrected chi connectivity index (χ4v) is 3.57. The van der Waals surface area contributed by atoms with Gasteiger partial charge in [-0.2, -0.15) is 13.2 Å². The second kappa shape index (κ2) is 7.07. The van der Waals surface area contributed by atoms with Crippen molar-refractivity contribution in [1.29, 1.82) is 0 Å². The Balaban J connectivity index is 1.39. The number of hydrogen-bond acceptors (Lipinski definition) is 3. The summed E-state index contributed by atoms with van der Waals surface area (Å²) in [5.41, 5.74) is 0. The van der Waals surface area contributed by atoms with Crippen LogP contribution in [0.4, 0.5) is 18.0 Å². The normalized spacial score (nSPS) is 28.2. The number of amides is 2. The molecule has 3 aliphatic rings. The van der Waals surface area contributed by atoms with Gasteiger partial charge in [0.15, 0.2) is 0 Å². The van der Waals surface area contributed by atoms with Crippen LogP contribution in [0.3, 0.4) is 0 Å². The molecule has 0 spiro atoms. The Hall–Kier alpha value is -1.02. The van der Waals surface area contributed by atoms with Crippen molar-refractivity contribution < 1.29 is 18.0 Å². The first-order valence-corrected chi connectivity index (χ1v) is 8.91. The Labute approximate surface area is 141 Å². The van der Waals surface area contributed by atoms with Crippen LogP contribution in [0.15, 0.2) is 0 Å². The molecule has 8 heteroatoms. The van der Waals surface area contributed by atoms with Gasteiger partial charge in [0.2, 0.25) is 0 Å². The van der Waals surface area contributed by atoms with Crippen molar-refractivity contribution in [2.24, 2.45) is 5.92 Å². The van der Waals surface area contributed by atoms with Crippen LogP contribution in [-0.2, 0) is 0 Å². The van der Waals surface area contributed by atoms with Crippen molar-refractivity contribution in [2.75, 3.05) is 45.8 Å². The molecule has 1 aliphatic carbocycles. The largest absolute Gasteiger partial charge is 0.403 e. The van der Waals surface area contributed by atoms with Crippen molar-refractivity contribution in [3.05, 3.63) is 0 Å². The Morgan fingerprint density at radius 3 is 2.38 bits per heavy atom. The highest BCUT2D eigenvalue weighted by Crippen LogP contribution is 2.30. The molecule has 138 valence electrons. The average Bonchev–Trinajstić information content (AvgIpc) is 3.24. The third kappa shape index (κ3) is 4.53. The molecular weight excluding hydrogens is 321 g/mol. The fraction of sp³-hybridized carbons (Fsp3) is 0.938. The monoisotopic (exact) mass is 348 g/mol. The third-order valence-corrected chi connectivity index (χ3v) is 5.44. The van der Waals surface area contributed by atoms with E-state index < -0.39 is 12.2 Å². The molecule has 2 aliphatic heterocycles. The molecule has 1 N–H and O–H groups in total. The lowest BCUT2D eigenvalue weighted by molar-refractivity contribution is -0.181. The SMILES string of the molecule is C[C@@H](N1CCN(C(=O)N[C@H]2CCN(CC3CC3)C2)CC1)C(F)(F)F. The summed E-state index contributed by atoms with van der Waals surface area (Å²) >= 11 is 0. The molecule has 0 aromatic carbocycles. The van der Waals surface area contributed by atoms with E-state index in [1.165, 1.54) is 24.7 Å². The van der Waals surface area contributed by atoms with Crippen molar-refractivity contribution in [3.63, 3.8) is 0 Å². The molecule has 24 heavy (non-hydrogen) atoms. The van der Waals surface area contributed by atoms with E-state index in [-0.39, 0.29) is 25.2 Å². The topological polar surface area (TPSA) is 38.8 Å². The lowest BCUT2D eigenvalue weighted by atomic mass is 10.2. The van der Waals surface area contributed by atoms with E-state index in [2.05, 4.69) is 10.2 Å². The standard InChI is InChI=1S/C16H27F3N4O/c1-12(16(17,18)19)22-6-8-23(9-7-22)15(24)20-14-4-5-21(11-14)10-13-2-3-13/h12-14H,2-11H2,1H3,(H,20,24)/t12-,14+/m1/s1. The van der Waals surface area contributed by atoms with Crippen molar-refractivity contribution in [3.8, 4) is 0 Å². The molecule has 0 aromatic rings. The Morgan fingerprint density at radius 2 is 1.79 bits per heavy atom. The second-order valence-electron chi connectivity index (χ2n) is 7.38. The lowest BCUT2D eigenvalue weighted by Gasteiger charge is -2.38. The Morgan fingerprint density at radius 1 is 1.12 bits per heavy atom. The number of carbonyl (C=O) groups excluding carboxylic acids is 1. The molecule has 2 atom stereocenters. The van der Waals surface area contributed by atoms with Crippen molar-refractivity contribution in [1.82, 2.24) is 20.0 Å². The van der Waals surface area contributed by atoms with Gasteiger partial charge in [-0.15, -0.1) is 0 Å². The smallest absolute Gasteiger partial charge is 0.334 e. The highest BCUT2D eigenvalue weighted by Gasteiger charge is 2.41. The van der Waals surface area contributed by atoms with Gasteiger partial charge in [0.05, 0.1) is 0 Å². The fourth-order valence-electron chi connectivity index (χ4n) is 3.57. The summed E-state index contributed by atoms with van der Waals surface area (Å²) in [6, 6.07) is -1.41. The zero-order chi connectivity index (χ0) is 17.3. The molecule has 1 saturated carbocycles. The summed E-state index contributed by atoms with van der Waals surface area (Å²) < 4.78 is 38.3. The molecule has 0 bridgehead atoms. The molecule has 2 heterocycles. The van der Waals surface area contributed by atoms with Gasteiger partial charge in [0, 0.05) is 51.9 Å². The number of urea groups is 1.